The van der Waals surface area contributed by atoms with E-state index in [0.29, 0.717) is 22.1 Å². The van der Waals surface area contributed by atoms with Crippen LogP contribution in [0.3, 0.4) is 0 Å². The van der Waals surface area contributed by atoms with Crippen LogP contribution in [0.2, 0.25) is 10.0 Å². The smallest absolute Gasteiger partial charge is 0.0595 e. The van der Waals surface area contributed by atoms with Gasteiger partial charge in [0.15, 0.2) is 0 Å². The summed E-state index contributed by atoms with van der Waals surface area (Å²) in [4.78, 5) is 0. The van der Waals surface area contributed by atoms with E-state index in [4.69, 9.17) is 23.2 Å². The molecule has 0 radical (unpaired) electrons. The molecular formula is C14H19Cl2N. The lowest BCUT2D eigenvalue weighted by Crippen LogP contribution is -2.30. The molecule has 1 aromatic carbocycles. The minimum Gasteiger partial charge on any atom is -0.307 e. The van der Waals surface area contributed by atoms with Gasteiger partial charge < -0.3 is 5.32 Å². The lowest BCUT2D eigenvalue weighted by molar-refractivity contribution is 0.430. The van der Waals surface area contributed by atoms with Gasteiger partial charge in [-0.1, -0.05) is 49.0 Å². The zero-order valence-corrected chi connectivity index (χ0v) is 11.7. The summed E-state index contributed by atoms with van der Waals surface area (Å²) in [5, 5.41) is 5.01. The van der Waals surface area contributed by atoms with Crippen LogP contribution < -0.4 is 5.32 Å². The molecule has 0 amide bonds. The van der Waals surface area contributed by atoms with Gasteiger partial charge in [0.05, 0.1) is 10.0 Å². The number of hydrogen-bond donors (Lipinski definition) is 1. The molecule has 1 saturated carbocycles. The SMILES string of the molecule is CCC(NC1CCCC1)c1ccc(Cl)c(Cl)c1. The highest BCUT2D eigenvalue weighted by molar-refractivity contribution is 6.42. The summed E-state index contributed by atoms with van der Waals surface area (Å²) in [7, 11) is 0. The van der Waals surface area contributed by atoms with E-state index < -0.39 is 0 Å². The van der Waals surface area contributed by atoms with Crippen molar-refractivity contribution in [3.63, 3.8) is 0 Å². The van der Waals surface area contributed by atoms with Crippen LogP contribution in [0.4, 0.5) is 0 Å². The Balaban J connectivity index is 2.08. The highest BCUT2D eigenvalue weighted by atomic mass is 35.5. The molecular weight excluding hydrogens is 253 g/mol. The van der Waals surface area contributed by atoms with Crippen LogP contribution in [0, 0.1) is 0 Å². The predicted octanol–water partition coefficient (Wildman–Crippen LogP) is 4.98. The zero-order chi connectivity index (χ0) is 12.3. The minimum absolute atomic E-state index is 0.396. The first-order chi connectivity index (χ1) is 8.20. The molecule has 1 aliphatic rings. The molecule has 1 nitrogen and oxygen atoms in total. The first kappa shape index (κ1) is 13.2. The maximum Gasteiger partial charge on any atom is 0.0595 e. The first-order valence-corrected chi connectivity index (χ1v) is 7.17. The van der Waals surface area contributed by atoms with Gasteiger partial charge in [-0.2, -0.15) is 0 Å². The molecule has 0 aromatic heterocycles. The molecule has 0 aliphatic heterocycles. The summed E-state index contributed by atoms with van der Waals surface area (Å²) >= 11 is 12.0. The van der Waals surface area contributed by atoms with Gasteiger partial charge in [0.2, 0.25) is 0 Å². The van der Waals surface area contributed by atoms with Crippen molar-refractivity contribution in [3.8, 4) is 0 Å². The molecule has 2 rings (SSSR count). The first-order valence-electron chi connectivity index (χ1n) is 6.41. The summed E-state index contributed by atoms with van der Waals surface area (Å²) in [6.45, 7) is 2.20. The Labute approximate surface area is 114 Å². The summed E-state index contributed by atoms with van der Waals surface area (Å²) < 4.78 is 0. The molecule has 0 bridgehead atoms. The maximum absolute atomic E-state index is 6.07. The van der Waals surface area contributed by atoms with Gasteiger partial charge in [-0.15, -0.1) is 0 Å². The number of nitrogens with one attached hydrogen (secondary N) is 1. The summed E-state index contributed by atoms with van der Waals surface area (Å²) in [6.07, 6.45) is 6.40. The van der Waals surface area contributed by atoms with Gasteiger partial charge in [-0.25, -0.2) is 0 Å². The summed E-state index contributed by atoms with van der Waals surface area (Å²) in [6, 6.07) is 7.02. The fourth-order valence-electron chi connectivity index (χ4n) is 2.56. The van der Waals surface area contributed by atoms with Crippen LogP contribution in [0.1, 0.15) is 50.6 Å². The Hall–Kier alpha value is -0.240. The van der Waals surface area contributed by atoms with Crippen LogP contribution in [-0.2, 0) is 0 Å². The second kappa shape index (κ2) is 6.08. The van der Waals surface area contributed by atoms with Crippen LogP contribution in [0.15, 0.2) is 18.2 Å². The topological polar surface area (TPSA) is 12.0 Å². The van der Waals surface area contributed by atoms with E-state index in [9.17, 15) is 0 Å². The van der Waals surface area contributed by atoms with E-state index in [2.05, 4.69) is 18.3 Å². The van der Waals surface area contributed by atoms with Gasteiger partial charge in [-0.3, -0.25) is 0 Å². The molecule has 0 spiro atoms. The Kier molecular flexibility index (Phi) is 4.72. The van der Waals surface area contributed by atoms with E-state index in [1.54, 1.807) is 0 Å². The van der Waals surface area contributed by atoms with Gasteiger partial charge in [0.25, 0.3) is 0 Å². The Bertz CT molecular complexity index is 372. The van der Waals surface area contributed by atoms with E-state index in [1.807, 2.05) is 12.1 Å². The van der Waals surface area contributed by atoms with E-state index in [1.165, 1.54) is 31.2 Å². The van der Waals surface area contributed by atoms with Crippen molar-refractivity contribution >= 4 is 23.2 Å². The molecule has 1 aliphatic carbocycles. The largest absolute Gasteiger partial charge is 0.307 e. The van der Waals surface area contributed by atoms with Crippen LogP contribution in [0.25, 0.3) is 0 Å². The average Bonchev–Trinajstić information content (AvgIpc) is 2.82. The lowest BCUT2D eigenvalue weighted by Gasteiger charge is -2.22. The molecule has 0 saturated heterocycles. The van der Waals surface area contributed by atoms with E-state index in [0.717, 1.165) is 6.42 Å². The quantitative estimate of drug-likeness (QED) is 0.815. The molecule has 94 valence electrons. The normalized spacial score (nSPS) is 18.5. The molecule has 3 heteroatoms. The van der Waals surface area contributed by atoms with Crippen molar-refractivity contribution in [3.05, 3.63) is 33.8 Å². The van der Waals surface area contributed by atoms with Crippen LogP contribution in [0.5, 0.6) is 0 Å². The van der Waals surface area contributed by atoms with Crippen LogP contribution >= 0.6 is 23.2 Å². The zero-order valence-electron chi connectivity index (χ0n) is 10.2. The van der Waals surface area contributed by atoms with E-state index >= 15 is 0 Å². The lowest BCUT2D eigenvalue weighted by atomic mass is 10.0. The second-order valence-electron chi connectivity index (χ2n) is 4.78. The van der Waals surface area contributed by atoms with Crippen molar-refractivity contribution in [1.82, 2.24) is 5.32 Å². The second-order valence-corrected chi connectivity index (χ2v) is 5.60. The van der Waals surface area contributed by atoms with Gasteiger partial charge in [0, 0.05) is 12.1 Å². The third-order valence-electron chi connectivity index (χ3n) is 3.55. The molecule has 1 N–H and O–H groups in total. The monoisotopic (exact) mass is 271 g/mol. The molecule has 0 heterocycles. The van der Waals surface area contributed by atoms with Crippen molar-refractivity contribution in [2.24, 2.45) is 0 Å². The predicted molar refractivity (Wildman–Crippen MR) is 74.9 cm³/mol. The Morgan fingerprint density at radius 2 is 1.94 bits per heavy atom. The fraction of sp³-hybridized carbons (Fsp3) is 0.571. The van der Waals surface area contributed by atoms with Gasteiger partial charge in [0.1, 0.15) is 0 Å². The molecule has 1 atom stereocenters. The maximum atomic E-state index is 6.07. The third-order valence-corrected chi connectivity index (χ3v) is 4.29. The van der Waals surface area contributed by atoms with Crippen molar-refractivity contribution < 1.29 is 0 Å². The Morgan fingerprint density at radius 1 is 1.24 bits per heavy atom. The average molecular weight is 272 g/mol. The Morgan fingerprint density at radius 3 is 2.53 bits per heavy atom. The van der Waals surface area contributed by atoms with Crippen molar-refractivity contribution in [1.29, 1.82) is 0 Å². The van der Waals surface area contributed by atoms with Gasteiger partial charge >= 0.3 is 0 Å². The van der Waals surface area contributed by atoms with Crippen molar-refractivity contribution in [2.75, 3.05) is 0 Å². The minimum atomic E-state index is 0.396. The standard InChI is InChI=1S/C14H19Cl2N/c1-2-14(17-11-5-3-4-6-11)10-7-8-12(15)13(16)9-10/h7-9,11,14,17H,2-6H2,1H3. The third kappa shape index (κ3) is 3.37. The number of halogens is 2. The number of benzene rings is 1. The highest BCUT2D eigenvalue weighted by Gasteiger charge is 2.19. The molecule has 1 aromatic rings. The molecule has 1 fully saturated rings. The van der Waals surface area contributed by atoms with Crippen LogP contribution in [-0.4, -0.2) is 6.04 Å². The highest BCUT2D eigenvalue weighted by Crippen LogP contribution is 2.28. The molecule has 1 unspecified atom stereocenters. The van der Waals surface area contributed by atoms with Gasteiger partial charge in [-0.05, 0) is 37.0 Å². The summed E-state index contributed by atoms with van der Waals surface area (Å²) in [5.41, 5.74) is 1.24. The number of rotatable bonds is 4. The summed E-state index contributed by atoms with van der Waals surface area (Å²) in [5.74, 6) is 0. The van der Waals surface area contributed by atoms with E-state index in [-0.39, 0.29) is 0 Å². The van der Waals surface area contributed by atoms with Crippen molar-refractivity contribution in [2.45, 2.75) is 51.1 Å². The molecule has 17 heavy (non-hydrogen) atoms. The fourth-order valence-corrected chi connectivity index (χ4v) is 2.86. The number of hydrogen-bond acceptors (Lipinski definition) is 1.